The number of pyridine rings is 1. The van der Waals surface area contributed by atoms with Gasteiger partial charge in [-0.3, -0.25) is 10.1 Å². The van der Waals surface area contributed by atoms with E-state index in [4.69, 9.17) is 17.3 Å². The first-order valence-corrected chi connectivity index (χ1v) is 4.28. The third kappa shape index (κ3) is 2.30. The van der Waals surface area contributed by atoms with Gasteiger partial charge in [0.15, 0.2) is 5.69 Å². The molecule has 0 aliphatic heterocycles. The molecule has 8 heteroatoms. The summed E-state index contributed by atoms with van der Waals surface area (Å²) in [5, 5.41) is 10.5. The summed E-state index contributed by atoms with van der Waals surface area (Å²) in [5.74, 6) is -0.339. The zero-order valence-corrected chi connectivity index (χ0v) is 8.04. The van der Waals surface area contributed by atoms with Crippen molar-refractivity contribution in [1.29, 1.82) is 0 Å². The summed E-state index contributed by atoms with van der Waals surface area (Å²) in [4.78, 5) is 12.8. The minimum Gasteiger partial charge on any atom is -0.383 e. The molecular formula is C7H6ClF2N3O2. The van der Waals surface area contributed by atoms with Crippen LogP contribution in [0.25, 0.3) is 0 Å². The summed E-state index contributed by atoms with van der Waals surface area (Å²) in [6.07, 6.45) is -3.04. The Labute approximate surface area is 88.0 Å². The van der Waals surface area contributed by atoms with Crippen LogP contribution in [0, 0.1) is 10.1 Å². The second-order valence-electron chi connectivity index (χ2n) is 2.63. The fourth-order valence-corrected chi connectivity index (χ4v) is 1.20. The highest BCUT2D eigenvalue weighted by molar-refractivity contribution is 6.17. The van der Waals surface area contributed by atoms with Crippen molar-refractivity contribution in [2.75, 3.05) is 5.73 Å². The number of anilines is 1. The number of rotatable bonds is 3. The average molecular weight is 238 g/mol. The van der Waals surface area contributed by atoms with Crippen molar-refractivity contribution in [2.24, 2.45) is 0 Å². The molecule has 1 rings (SSSR count). The summed E-state index contributed by atoms with van der Waals surface area (Å²) in [6, 6.07) is 0.914. The van der Waals surface area contributed by atoms with E-state index in [1.54, 1.807) is 0 Å². The number of hydrogen-bond donors (Lipinski definition) is 1. The highest BCUT2D eigenvalue weighted by Crippen LogP contribution is 2.30. The van der Waals surface area contributed by atoms with Crippen LogP contribution in [0.2, 0.25) is 0 Å². The molecule has 2 N–H and O–H groups in total. The lowest BCUT2D eigenvalue weighted by Gasteiger charge is -2.05. The van der Waals surface area contributed by atoms with Crippen LogP contribution in [0.1, 0.15) is 17.7 Å². The maximum Gasteiger partial charge on any atom is 0.297 e. The summed E-state index contributed by atoms with van der Waals surface area (Å²) in [6.45, 7) is 0. The fraction of sp³-hybridized carbons (Fsp3) is 0.286. The van der Waals surface area contributed by atoms with Crippen molar-refractivity contribution in [1.82, 2.24) is 4.98 Å². The Morgan fingerprint density at radius 3 is 2.67 bits per heavy atom. The Hall–Kier alpha value is -1.50. The maximum atomic E-state index is 12.3. The Bertz CT molecular complexity index is 400. The number of aromatic nitrogens is 1. The van der Waals surface area contributed by atoms with E-state index in [9.17, 15) is 18.9 Å². The third-order valence-corrected chi connectivity index (χ3v) is 1.98. The second kappa shape index (κ2) is 4.35. The van der Waals surface area contributed by atoms with Crippen molar-refractivity contribution < 1.29 is 13.7 Å². The average Bonchev–Trinajstić information content (AvgIpc) is 2.16. The molecule has 15 heavy (non-hydrogen) atoms. The molecule has 0 aromatic carbocycles. The van der Waals surface area contributed by atoms with Crippen LogP contribution < -0.4 is 5.73 Å². The molecule has 0 fully saturated rings. The van der Waals surface area contributed by atoms with Gasteiger partial charge >= 0.3 is 0 Å². The number of halogens is 3. The van der Waals surface area contributed by atoms with Gasteiger partial charge < -0.3 is 5.73 Å². The summed E-state index contributed by atoms with van der Waals surface area (Å²) < 4.78 is 24.7. The van der Waals surface area contributed by atoms with E-state index in [-0.39, 0.29) is 17.3 Å². The standard InChI is InChI=1S/C7H6ClF2N3O2/c8-2-3-1-4(13(14)15)5(6(9)10)12-7(3)11/h1,6H,2H2,(H2,11,12). The van der Waals surface area contributed by atoms with Crippen LogP contribution in [0.3, 0.4) is 0 Å². The quantitative estimate of drug-likeness (QED) is 0.497. The lowest BCUT2D eigenvalue weighted by Crippen LogP contribution is -2.05. The van der Waals surface area contributed by atoms with Gasteiger partial charge in [-0.05, 0) is 0 Å². The van der Waals surface area contributed by atoms with Gasteiger partial charge in [0, 0.05) is 11.6 Å². The van der Waals surface area contributed by atoms with Crippen molar-refractivity contribution in [2.45, 2.75) is 12.3 Å². The van der Waals surface area contributed by atoms with Crippen molar-refractivity contribution in [3.8, 4) is 0 Å². The van der Waals surface area contributed by atoms with E-state index in [1.807, 2.05) is 0 Å². The molecule has 0 atom stereocenters. The molecule has 0 spiro atoms. The first kappa shape index (κ1) is 11.6. The predicted molar refractivity (Wildman–Crippen MR) is 49.8 cm³/mol. The molecular weight excluding hydrogens is 232 g/mol. The molecule has 0 saturated carbocycles. The van der Waals surface area contributed by atoms with Gasteiger partial charge in [-0.15, -0.1) is 11.6 Å². The molecule has 0 bridgehead atoms. The number of nitrogens with two attached hydrogens (primary N) is 1. The van der Waals surface area contributed by atoms with Crippen LogP contribution >= 0.6 is 11.6 Å². The second-order valence-corrected chi connectivity index (χ2v) is 2.90. The summed E-state index contributed by atoms with van der Waals surface area (Å²) in [7, 11) is 0. The highest BCUT2D eigenvalue weighted by Gasteiger charge is 2.25. The van der Waals surface area contributed by atoms with E-state index in [1.165, 1.54) is 0 Å². The van der Waals surface area contributed by atoms with E-state index in [2.05, 4.69) is 4.98 Å². The number of nitro groups is 1. The number of nitrogen functional groups attached to an aromatic ring is 1. The van der Waals surface area contributed by atoms with E-state index in [0.717, 1.165) is 6.07 Å². The lowest BCUT2D eigenvalue weighted by molar-refractivity contribution is -0.386. The molecule has 0 aliphatic rings. The number of nitrogens with zero attached hydrogens (tertiary/aromatic N) is 2. The summed E-state index contributed by atoms with van der Waals surface area (Å²) >= 11 is 5.41. The lowest BCUT2D eigenvalue weighted by atomic mass is 10.2. The molecule has 5 nitrogen and oxygen atoms in total. The number of hydrogen-bond acceptors (Lipinski definition) is 4. The molecule has 1 heterocycles. The Kier molecular flexibility index (Phi) is 3.35. The zero-order chi connectivity index (χ0) is 11.6. The van der Waals surface area contributed by atoms with E-state index in [0.29, 0.717) is 0 Å². The van der Waals surface area contributed by atoms with Crippen LogP contribution in [-0.2, 0) is 5.88 Å². The van der Waals surface area contributed by atoms with Gasteiger partial charge in [-0.25, -0.2) is 13.8 Å². The van der Waals surface area contributed by atoms with Crippen molar-refractivity contribution in [3.63, 3.8) is 0 Å². The minimum absolute atomic E-state index is 0.122. The van der Waals surface area contributed by atoms with Crippen LogP contribution in [0.15, 0.2) is 6.07 Å². The third-order valence-electron chi connectivity index (χ3n) is 1.69. The molecule has 0 radical (unpaired) electrons. The van der Waals surface area contributed by atoms with Crippen LogP contribution in [-0.4, -0.2) is 9.91 Å². The van der Waals surface area contributed by atoms with Gasteiger partial charge in [0.05, 0.1) is 10.8 Å². The normalized spacial score (nSPS) is 10.7. The van der Waals surface area contributed by atoms with E-state index < -0.39 is 22.7 Å². The smallest absolute Gasteiger partial charge is 0.297 e. The minimum atomic E-state index is -3.04. The Morgan fingerprint density at radius 1 is 1.67 bits per heavy atom. The monoisotopic (exact) mass is 237 g/mol. The van der Waals surface area contributed by atoms with Crippen molar-refractivity contribution in [3.05, 3.63) is 27.4 Å². The summed E-state index contributed by atoms with van der Waals surface area (Å²) in [5.41, 5.74) is 3.74. The zero-order valence-electron chi connectivity index (χ0n) is 7.28. The van der Waals surface area contributed by atoms with Crippen LogP contribution in [0.4, 0.5) is 20.3 Å². The Balaban J connectivity index is 3.39. The largest absolute Gasteiger partial charge is 0.383 e. The maximum absolute atomic E-state index is 12.3. The SMILES string of the molecule is Nc1nc(C(F)F)c([N+](=O)[O-])cc1CCl. The van der Waals surface area contributed by atoms with Gasteiger partial charge in [-0.2, -0.15) is 0 Å². The fourth-order valence-electron chi connectivity index (χ4n) is 0.986. The van der Waals surface area contributed by atoms with Crippen LogP contribution in [0.5, 0.6) is 0 Å². The highest BCUT2D eigenvalue weighted by atomic mass is 35.5. The van der Waals surface area contributed by atoms with E-state index >= 15 is 0 Å². The van der Waals surface area contributed by atoms with Gasteiger partial charge in [0.2, 0.25) is 0 Å². The first-order chi connectivity index (χ1) is 6.97. The van der Waals surface area contributed by atoms with Crippen molar-refractivity contribution >= 4 is 23.1 Å². The number of alkyl halides is 3. The van der Waals surface area contributed by atoms with Gasteiger partial charge in [-0.1, -0.05) is 0 Å². The predicted octanol–water partition coefficient (Wildman–Crippen LogP) is 2.25. The van der Waals surface area contributed by atoms with Gasteiger partial charge in [0.25, 0.3) is 12.1 Å². The molecule has 1 aromatic heterocycles. The molecule has 1 aromatic rings. The molecule has 82 valence electrons. The molecule has 0 amide bonds. The molecule has 0 saturated heterocycles. The molecule has 0 unspecified atom stereocenters. The molecule has 0 aliphatic carbocycles. The Morgan fingerprint density at radius 2 is 2.27 bits per heavy atom. The first-order valence-electron chi connectivity index (χ1n) is 3.75. The topological polar surface area (TPSA) is 82.0 Å². The van der Waals surface area contributed by atoms with Gasteiger partial charge in [0.1, 0.15) is 5.82 Å².